The van der Waals surface area contributed by atoms with Gasteiger partial charge in [0, 0.05) is 12.4 Å². The molecule has 2 rings (SSSR count). The van der Waals surface area contributed by atoms with E-state index in [2.05, 4.69) is 16.0 Å². The molecular weight excluding hydrogens is 190 g/mol. The zero-order valence-corrected chi connectivity index (χ0v) is 8.27. The van der Waals surface area contributed by atoms with E-state index in [-0.39, 0.29) is 6.42 Å². The van der Waals surface area contributed by atoms with Crippen LogP contribution in [-0.2, 0) is 6.42 Å². The van der Waals surface area contributed by atoms with Gasteiger partial charge in [-0.25, -0.2) is 4.98 Å². The van der Waals surface area contributed by atoms with Gasteiger partial charge in [0.05, 0.1) is 23.7 Å². The smallest absolute Gasteiger partial charge is 0.228 e. The Labute approximate surface area is 87.2 Å². The van der Waals surface area contributed by atoms with Crippen molar-refractivity contribution in [3.63, 3.8) is 0 Å². The van der Waals surface area contributed by atoms with Crippen molar-refractivity contribution < 1.29 is 4.42 Å². The fourth-order valence-electron chi connectivity index (χ4n) is 1.28. The number of aryl methyl sites for hydroxylation is 1. The maximum absolute atomic E-state index is 8.58. The molecule has 2 aromatic heterocycles. The predicted molar refractivity (Wildman–Crippen MR) is 53.8 cm³/mol. The Morgan fingerprint density at radius 3 is 3.07 bits per heavy atom. The summed E-state index contributed by atoms with van der Waals surface area (Å²) >= 11 is 0. The average molecular weight is 199 g/mol. The molecule has 0 bridgehead atoms. The van der Waals surface area contributed by atoms with Gasteiger partial charge in [-0.15, -0.1) is 0 Å². The van der Waals surface area contributed by atoms with E-state index in [1.807, 2.05) is 12.1 Å². The van der Waals surface area contributed by atoms with Crippen LogP contribution in [0.5, 0.6) is 0 Å². The Hall–Kier alpha value is -2.15. The lowest BCUT2D eigenvalue weighted by Gasteiger charge is -1.91. The van der Waals surface area contributed by atoms with Gasteiger partial charge in [0.15, 0.2) is 0 Å². The van der Waals surface area contributed by atoms with E-state index >= 15 is 0 Å². The lowest BCUT2D eigenvalue weighted by Crippen LogP contribution is -1.84. The van der Waals surface area contributed by atoms with E-state index in [9.17, 15) is 0 Å². The predicted octanol–water partition coefficient (Wildman–Crippen LogP) is 2.11. The average Bonchev–Trinajstić information content (AvgIpc) is 2.63. The molecule has 0 N–H and O–H groups in total. The summed E-state index contributed by atoms with van der Waals surface area (Å²) in [5.74, 6) is 1.21. The quantitative estimate of drug-likeness (QED) is 0.743. The fourth-order valence-corrected chi connectivity index (χ4v) is 1.28. The first kappa shape index (κ1) is 9.41. The van der Waals surface area contributed by atoms with Crippen LogP contribution >= 0.6 is 0 Å². The van der Waals surface area contributed by atoms with Gasteiger partial charge in [-0.1, -0.05) is 0 Å². The molecule has 0 aliphatic rings. The molecule has 0 radical (unpaired) electrons. The van der Waals surface area contributed by atoms with Crippen molar-refractivity contribution in [1.29, 1.82) is 5.26 Å². The molecule has 74 valence electrons. The third kappa shape index (κ3) is 1.86. The van der Waals surface area contributed by atoms with Gasteiger partial charge < -0.3 is 4.42 Å². The van der Waals surface area contributed by atoms with E-state index < -0.39 is 0 Å². The number of oxazole rings is 1. The number of hydrogen-bond donors (Lipinski definition) is 0. The van der Waals surface area contributed by atoms with Crippen molar-refractivity contribution in [2.45, 2.75) is 13.3 Å². The third-order valence-electron chi connectivity index (χ3n) is 2.05. The molecule has 0 aliphatic carbocycles. The first-order valence-electron chi connectivity index (χ1n) is 4.55. The van der Waals surface area contributed by atoms with Crippen LogP contribution < -0.4 is 0 Å². The molecule has 0 saturated carbocycles. The van der Waals surface area contributed by atoms with Crippen molar-refractivity contribution in [3.8, 4) is 17.5 Å². The monoisotopic (exact) mass is 199 g/mol. The van der Waals surface area contributed by atoms with Crippen LogP contribution in [0.4, 0.5) is 0 Å². The van der Waals surface area contributed by atoms with Gasteiger partial charge in [0.25, 0.3) is 0 Å². The highest BCUT2D eigenvalue weighted by atomic mass is 16.4. The number of aromatic nitrogens is 2. The summed E-state index contributed by atoms with van der Waals surface area (Å²) in [6.07, 6.45) is 3.65. The van der Waals surface area contributed by atoms with Crippen LogP contribution in [0.2, 0.25) is 0 Å². The minimum atomic E-state index is 0.273. The van der Waals surface area contributed by atoms with E-state index in [1.165, 1.54) is 0 Å². The molecule has 0 atom stereocenters. The van der Waals surface area contributed by atoms with Crippen molar-refractivity contribution >= 4 is 0 Å². The van der Waals surface area contributed by atoms with Gasteiger partial charge >= 0.3 is 0 Å². The molecule has 0 unspecified atom stereocenters. The molecule has 0 aliphatic heterocycles. The number of pyridine rings is 1. The second-order valence-corrected chi connectivity index (χ2v) is 3.10. The van der Waals surface area contributed by atoms with Crippen LogP contribution in [0, 0.1) is 18.3 Å². The van der Waals surface area contributed by atoms with Gasteiger partial charge in [-0.05, 0) is 19.1 Å². The SMILES string of the molecule is Cc1oc(-c2cccnc2)nc1CC#N. The van der Waals surface area contributed by atoms with E-state index in [0.717, 1.165) is 5.56 Å². The van der Waals surface area contributed by atoms with Gasteiger partial charge in [0.1, 0.15) is 5.76 Å². The topological polar surface area (TPSA) is 62.7 Å². The summed E-state index contributed by atoms with van der Waals surface area (Å²) < 4.78 is 5.45. The van der Waals surface area contributed by atoms with Crippen LogP contribution in [-0.4, -0.2) is 9.97 Å². The van der Waals surface area contributed by atoms with Crippen LogP contribution in [0.25, 0.3) is 11.5 Å². The number of rotatable bonds is 2. The summed E-state index contributed by atoms with van der Waals surface area (Å²) in [6, 6.07) is 5.74. The van der Waals surface area contributed by atoms with Crippen molar-refractivity contribution in [2.75, 3.05) is 0 Å². The van der Waals surface area contributed by atoms with Crippen LogP contribution in [0.3, 0.4) is 0 Å². The third-order valence-corrected chi connectivity index (χ3v) is 2.05. The lowest BCUT2D eigenvalue weighted by molar-refractivity contribution is 0.540. The molecule has 15 heavy (non-hydrogen) atoms. The highest BCUT2D eigenvalue weighted by Gasteiger charge is 2.10. The minimum Gasteiger partial charge on any atom is -0.441 e. The maximum Gasteiger partial charge on any atom is 0.228 e. The zero-order valence-electron chi connectivity index (χ0n) is 8.27. The molecule has 0 fully saturated rings. The molecule has 2 heterocycles. The summed E-state index contributed by atoms with van der Waals surface area (Å²) in [5, 5.41) is 8.58. The first-order chi connectivity index (χ1) is 7.31. The Kier molecular flexibility index (Phi) is 2.46. The Morgan fingerprint density at radius 1 is 1.53 bits per heavy atom. The number of hydrogen-bond acceptors (Lipinski definition) is 4. The summed E-state index contributed by atoms with van der Waals surface area (Å²) in [4.78, 5) is 8.22. The maximum atomic E-state index is 8.58. The molecule has 2 aromatic rings. The van der Waals surface area contributed by atoms with E-state index in [0.29, 0.717) is 17.3 Å². The van der Waals surface area contributed by atoms with Crippen molar-refractivity contribution in [2.24, 2.45) is 0 Å². The van der Waals surface area contributed by atoms with E-state index in [4.69, 9.17) is 9.68 Å². The second-order valence-electron chi connectivity index (χ2n) is 3.10. The lowest BCUT2D eigenvalue weighted by atomic mass is 10.3. The van der Waals surface area contributed by atoms with Crippen LogP contribution in [0.1, 0.15) is 11.5 Å². The summed E-state index contributed by atoms with van der Waals surface area (Å²) in [6.45, 7) is 1.81. The highest BCUT2D eigenvalue weighted by Crippen LogP contribution is 2.20. The molecule has 0 aromatic carbocycles. The minimum absolute atomic E-state index is 0.273. The summed E-state index contributed by atoms with van der Waals surface area (Å²) in [5.41, 5.74) is 1.51. The Balaban J connectivity index is 2.40. The largest absolute Gasteiger partial charge is 0.441 e. The van der Waals surface area contributed by atoms with Gasteiger partial charge in [-0.2, -0.15) is 5.26 Å². The zero-order chi connectivity index (χ0) is 10.7. The van der Waals surface area contributed by atoms with Crippen molar-refractivity contribution in [3.05, 3.63) is 36.0 Å². The fraction of sp³-hybridized carbons (Fsp3) is 0.182. The normalized spacial score (nSPS) is 9.87. The van der Waals surface area contributed by atoms with Gasteiger partial charge in [-0.3, -0.25) is 4.98 Å². The molecule has 0 amide bonds. The number of nitriles is 1. The number of nitrogens with zero attached hydrogens (tertiary/aromatic N) is 3. The molecule has 4 nitrogen and oxygen atoms in total. The van der Waals surface area contributed by atoms with E-state index in [1.54, 1.807) is 19.3 Å². The summed E-state index contributed by atoms with van der Waals surface area (Å²) in [7, 11) is 0. The molecule has 0 saturated heterocycles. The second kappa shape index (κ2) is 3.93. The Bertz CT molecular complexity index is 496. The standard InChI is InChI=1S/C11H9N3O/c1-8-10(4-5-12)14-11(15-8)9-3-2-6-13-7-9/h2-3,6-7H,4H2,1H3. The molecule has 4 heteroatoms. The van der Waals surface area contributed by atoms with Crippen LogP contribution in [0.15, 0.2) is 28.9 Å². The van der Waals surface area contributed by atoms with Gasteiger partial charge in [0.2, 0.25) is 5.89 Å². The molecular formula is C11H9N3O. The first-order valence-corrected chi connectivity index (χ1v) is 4.55. The Morgan fingerprint density at radius 2 is 2.40 bits per heavy atom. The highest BCUT2D eigenvalue weighted by molar-refractivity contribution is 5.51. The van der Waals surface area contributed by atoms with Crippen molar-refractivity contribution in [1.82, 2.24) is 9.97 Å². The molecule has 0 spiro atoms.